The number of furan rings is 1. The first-order chi connectivity index (χ1) is 8.24. The van der Waals surface area contributed by atoms with E-state index in [2.05, 4.69) is 22.0 Å². The molecule has 0 saturated carbocycles. The van der Waals surface area contributed by atoms with Crippen molar-refractivity contribution in [3.05, 3.63) is 36.1 Å². The van der Waals surface area contributed by atoms with Gasteiger partial charge in [0.2, 0.25) is 0 Å². The fraction of sp³-hybridized carbons (Fsp3) is 0.357. The van der Waals surface area contributed by atoms with Crippen molar-refractivity contribution in [2.45, 2.75) is 12.3 Å². The minimum atomic E-state index is 0.403. The van der Waals surface area contributed by atoms with Gasteiger partial charge in [-0.25, -0.2) is 0 Å². The Morgan fingerprint density at radius 1 is 1.29 bits per heavy atom. The first-order valence-corrected chi connectivity index (χ1v) is 5.93. The molecule has 0 amide bonds. The summed E-state index contributed by atoms with van der Waals surface area (Å²) in [6.07, 6.45) is 0.979. The lowest BCUT2D eigenvalue weighted by molar-refractivity contribution is 0.504. The molecule has 3 nitrogen and oxygen atoms in total. The molecule has 2 aromatic rings. The normalized spacial score (nSPS) is 19.6. The van der Waals surface area contributed by atoms with Gasteiger partial charge < -0.3 is 9.32 Å². The van der Waals surface area contributed by atoms with Crippen LogP contribution in [-0.2, 0) is 0 Å². The van der Waals surface area contributed by atoms with Gasteiger partial charge in [0.1, 0.15) is 11.3 Å². The molecule has 1 aliphatic heterocycles. The van der Waals surface area contributed by atoms with Crippen molar-refractivity contribution in [2.24, 2.45) is 4.99 Å². The second kappa shape index (κ2) is 3.91. The summed E-state index contributed by atoms with van der Waals surface area (Å²) in [7, 11) is 4.08. The predicted molar refractivity (Wildman–Crippen MR) is 69.6 cm³/mol. The summed E-state index contributed by atoms with van der Waals surface area (Å²) in [5, 5.41) is 1.18. The molecule has 1 atom stereocenters. The molecule has 0 saturated heterocycles. The van der Waals surface area contributed by atoms with Crippen LogP contribution in [0.3, 0.4) is 0 Å². The Kier molecular flexibility index (Phi) is 2.39. The van der Waals surface area contributed by atoms with E-state index in [1.165, 1.54) is 5.39 Å². The fourth-order valence-electron chi connectivity index (χ4n) is 2.28. The largest absolute Gasteiger partial charge is 0.461 e. The van der Waals surface area contributed by atoms with Crippen molar-refractivity contribution < 1.29 is 4.42 Å². The van der Waals surface area contributed by atoms with E-state index in [0.717, 1.165) is 30.1 Å². The third-order valence-corrected chi connectivity index (χ3v) is 3.29. The van der Waals surface area contributed by atoms with E-state index < -0.39 is 0 Å². The number of fused-ring (bicyclic) bond motifs is 1. The van der Waals surface area contributed by atoms with Crippen molar-refractivity contribution in [1.82, 2.24) is 4.90 Å². The number of rotatable bonds is 1. The van der Waals surface area contributed by atoms with Crippen molar-refractivity contribution >= 4 is 16.8 Å². The van der Waals surface area contributed by atoms with E-state index in [1.807, 2.05) is 32.3 Å². The fourth-order valence-corrected chi connectivity index (χ4v) is 2.28. The average molecular weight is 228 g/mol. The second-order valence-electron chi connectivity index (χ2n) is 4.74. The summed E-state index contributed by atoms with van der Waals surface area (Å²) >= 11 is 0. The third kappa shape index (κ3) is 1.82. The predicted octanol–water partition coefficient (Wildman–Crippen LogP) is 2.88. The lowest BCUT2D eigenvalue weighted by Gasteiger charge is -2.12. The smallest absolute Gasteiger partial charge is 0.134 e. The summed E-state index contributed by atoms with van der Waals surface area (Å²) in [6.45, 7) is 0.841. The zero-order valence-electron chi connectivity index (χ0n) is 10.2. The molecular weight excluding hydrogens is 212 g/mol. The van der Waals surface area contributed by atoms with Gasteiger partial charge in [-0.3, -0.25) is 4.99 Å². The second-order valence-corrected chi connectivity index (χ2v) is 4.74. The summed E-state index contributed by atoms with van der Waals surface area (Å²) in [4.78, 5) is 6.63. The Morgan fingerprint density at radius 2 is 2.12 bits per heavy atom. The average Bonchev–Trinajstić information content (AvgIpc) is 2.95. The zero-order chi connectivity index (χ0) is 11.8. The highest BCUT2D eigenvalue weighted by atomic mass is 16.3. The van der Waals surface area contributed by atoms with E-state index in [-0.39, 0.29) is 0 Å². The SMILES string of the molecule is CN(C)C1=NC[C@H](c2cc3ccccc3o2)C1. The van der Waals surface area contributed by atoms with Crippen LogP contribution in [0.4, 0.5) is 0 Å². The molecule has 88 valence electrons. The van der Waals surface area contributed by atoms with Gasteiger partial charge >= 0.3 is 0 Å². The summed E-state index contributed by atoms with van der Waals surface area (Å²) < 4.78 is 5.89. The van der Waals surface area contributed by atoms with Crippen molar-refractivity contribution in [1.29, 1.82) is 0 Å². The molecule has 0 unspecified atom stereocenters. The van der Waals surface area contributed by atoms with Crippen LogP contribution in [0.2, 0.25) is 0 Å². The molecule has 1 aromatic carbocycles. The molecular formula is C14H16N2O. The molecule has 0 N–H and O–H groups in total. The molecule has 0 bridgehead atoms. The number of nitrogens with zero attached hydrogens (tertiary/aromatic N) is 2. The monoisotopic (exact) mass is 228 g/mol. The van der Waals surface area contributed by atoms with E-state index in [4.69, 9.17) is 4.42 Å². The maximum Gasteiger partial charge on any atom is 0.134 e. The van der Waals surface area contributed by atoms with Crippen molar-refractivity contribution in [3.8, 4) is 0 Å². The van der Waals surface area contributed by atoms with Gasteiger partial charge in [0.15, 0.2) is 0 Å². The summed E-state index contributed by atoms with van der Waals surface area (Å²) in [5.74, 6) is 2.63. The Bertz CT molecular complexity index is 535. The van der Waals surface area contributed by atoms with Gasteiger partial charge in [0.25, 0.3) is 0 Å². The topological polar surface area (TPSA) is 28.7 Å². The quantitative estimate of drug-likeness (QED) is 0.751. The molecule has 1 aromatic heterocycles. The number of para-hydroxylation sites is 1. The molecule has 0 fully saturated rings. The zero-order valence-corrected chi connectivity index (χ0v) is 10.2. The Hall–Kier alpha value is -1.77. The highest BCUT2D eigenvalue weighted by molar-refractivity contribution is 5.85. The third-order valence-electron chi connectivity index (χ3n) is 3.29. The maximum atomic E-state index is 5.89. The van der Waals surface area contributed by atoms with Gasteiger partial charge in [-0.2, -0.15) is 0 Å². The lowest BCUT2D eigenvalue weighted by Crippen LogP contribution is -2.20. The highest BCUT2D eigenvalue weighted by Gasteiger charge is 2.24. The number of hydrogen-bond acceptors (Lipinski definition) is 3. The minimum absolute atomic E-state index is 0.403. The summed E-state index contributed by atoms with van der Waals surface area (Å²) in [6, 6.07) is 10.3. The number of benzene rings is 1. The first-order valence-electron chi connectivity index (χ1n) is 5.93. The standard InChI is InChI=1S/C14H16N2O/c1-16(2)14-8-11(9-15-14)13-7-10-5-3-4-6-12(10)17-13/h3-7,11H,8-9H2,1-2H3/t11-/m1/s1. The van der Waals surface area contributed by atoms with Crippen LogP contribution in [0.1, 0.15) is 18.1 Å². The minimum Gasteiger partial charge on any atom is -0.461 e. The van der Waals surface area contributed by atoms with Gasteiger partial charge in [0, 0.05) is 31.8 Å². The van der Waals surface area contributed by atoms with E-state index in [0.29, 0.717) is 5.92 Å². The molecule has 1 aliphatic rings. The van der Waals surface area contributed by atoms with Crippen molar-refractivity contribution in [2.75, 3.05) is 20.6 Å². The van der Waals surface area contributed by atoms with Gasteiger partial charge in [-0.15, -0.1) is 0 Å². The van der Waals surface area contributed by atoms with Crippen LogP contribution < -0.4 is 0 Å². The number of aliphatic imine (C=N–C) groups is 1. The van der Waals surface area contributed by atoms with Gasteiger partial charge in [0.05, 0.1) is 12.4 Å². The Morgan fingerprint density at radius 3 is 2.82 bits per heavy atom. The van der Waals surface area contributed by atoms with Crippen LogP contribution in [0.15, 0.2) is 39.7 Å². The Balaban J connectivity index is 1.87. The van der Waals surface area contributed by atoms with E-state index in [1.54, 1.807) is 0 Å². The molecule has 0 radical (unpaired) electrons. The van der Waals surface area contributed by atoms with Crippen LogP contribution in [-0.4, -0.2) is 31.4 Å². The molecule has 0 aliphatic carbocycles. The number of hydrogen-bond donors (Lipinski definition) is 0. The molecule has 3 rings (SSSR count). The maximum absolute atomic E-state index is 5.89. The van der Waals surface area contributed by atoms with Crippen molar-refractivity contribution in [3.63, 3.8) is 0 Å². The van der Waals surface area contributed by atoms with Gasteiger partial charge in [-0.1, -0.05) is 18.2 Å². The number of amidine groups is 1. The Labute approximate surface area is 101 Å². The van der Waals surface area contributed by atoms with Crippen LogP contribution in [0.5, 0.6) is 0 Å². The molecule has 17 heavy (non-hydrogen) atoms. The lowest BCUT2D eigenvalue weighted by atomic mass is 10.0. The van der Waals surface area contributed by atoms with E-state index >= 15 is 0 Å². The van der Waals surface area contributed by atoms with E-state index in [9.17, 15) is 0 Å². The van der Waals surface area contributed by atoms with Gasteiger partial charge in [-0.05, 0) is 12.1 Å². The molecule has 2 heterocycles. The first kappa shape index (κ1) is 10.4. The summed E-state index contributed by atoms with van der Waals surface area (Å²) in [5.41, 5.74) is 0.973. The van der Waals surface area contributed by atoms with Crippen LogP contribution in [0.25, 0.3) is 11.0 Å². The molecule has 0 spiro atoms. The molecule has 3 heteroatoms. The highest BCUT2D eigenvalue weighted by Crippen LogP contribution is 2.30. The van der Waals surface area contributed by atoms with Crippen LogP contribution in [0, 0.1) is 0 Å². The van der Waals surface area contributed by atoms with Crippen LogP contribution >= 0.6 is 0 Å².